The second-order valence-electron chi connectivity index (χ2n) is 5.64. The Morgan fingerprint density at radius 3 is 2.67 bits per heavy atom. The second-order valence-corrected chi connectivity index (χ2v) is 7.50. The first-order valence-electron chi connectivity index (χ1n) is 7.80. The molecule has 1 aromatic carbocycles. The first kappa shape index (κ1) is 17.1. The average Bonchev–Trinajstić information content (AvgIpc) is 3.09. The number of carbonyl (C=O) groups excluding carboxylic acids is 2. The van der Waals surface area contributed by atoms with Gasteiger partial charge in [0.15, 0.2) is 5.78 Å². The molecule has 124 valence electrons. The highest BCUT2D eigenvalue weighted by Gasteiger charge is 2.39. The fraction of sp³-hybridized carbons (Fsp3) is 0.263. The van der Waals surface area contributed by atoms with Crippen molar-refractivity contribution in [3.63, 3.8) is 0 Å². The van der Waals surface area contributed by atoms with Crippen LogP contribution in [0.2, 0.25) is 0 Å². The lowest BCUT2D eigenvalue weighted by molar-refractivity contribution is -0.151. The number of ketones is 1. The number of halogens is 1. The van der Waals surface area contributed by atoms with E-state index in [4.69, 9.17) is 4.74 Å². The molecule has 0 N–H and O–H groups in total. The summed E-state index contributed by atoms with van der Waals surface area (Å²) in [4.78, 5) is 26.1. The molecule has 0 fully saturated rings. The lowest BCUT2D eigenvalue weighted by atomic mass is 9.74. The molecular formula is C19H17BrO3S. The molecule has 1 heterocycles. The number of hydrogen-bond acceptors (Lipinski definition) is 4. The summed E-state index contributed by atoms with van der Waals surface area (Å²) in [5.41, 5.74) is 1.97. The van der Waals surface area contributed by atoms with Crippen LogP contribution in [0, 0.1) is 5.92 Å². The molecule has 0 saturated heterocycles. The van der Waals surface area contributed by atoms with Crippen molar-refractivity contribution in [2.45, 2.75) is 19.3 Å². The van der Waals surface area contributed by atoms with Crippen LogP contribution in [0.3, 0.4) is 0 Å². The number of benzene rings is 1. The minimum absolute atomic E-state index is 0.170. The van der Waals surface area contributed by atoms with Crippen molar-refractivity contribution in [1.82, 2.24) is 0 Å². The van der Waals surface area contributed by atoms with Crippen molar-refractivity contribution < 1.29 is 14.3 Å². The fourth-order valence-corrected chi connectivity index (χ4v) is 4.06. The van der Waals surface area contributed by atoms with E-state index in [-0.39, 0.29) is 18.3 Å². The van der Waals surface area contributed by atoms with Gasteiger partial charge in [0.25, 0.3) is 0 Å². The van der Waals surface area contributed by atoms with Crippen LogP contribution in [-0.4, -0.2) is 18.4 Å². The summed E-state index contributed by atoms with van der Waals surface area (Å²) in [6.45, 7) is 2.03. The summed E-state index contributed by atoms with van der Waals surface area (Å²) in [6.07, 6.45) is 2.26. The third kappa shape index (κ3) is 3.52. The van der Waals surface area contributed by atoms with Gasteiger partial charge in [0.05, 0.1) is 6.61 Å². The Bertz CT molecular complexity index is 762. The molecule has 0 amide bonds. The van der Waals surface area contributed by atoms with Crippen LogP contribution < -0.4 is 0 Å². The molecule has 5 heteroatoms. The minimum Gasteiger partial charge on any atom is -0.465 e. The molecule has 0 unspecified atom stereocenters. The Morgan fingerprint density at radius 1 is 1.29 bits per heavy atom. The molecule has 0 saturated carbocycles. The largest absolute Gasteiger partial charge is 0.465 e. The SMILES string of the molecule is CCOC(=O)[C@@H]1C(=O)C=C(c2cccs2)C[C@H]1c1ccc(Br)cc1. The van der Waals surface area contributed by atoms with Gasteiger partial charge >= 0.3 is 5.97 Å². The molecule has 1 aromatic heterocycles. The molecule has 1 aliphatic carbocycles. The van der Waals surface area contributed by atoms with Crippen LogP contribution in [-0.2, 0) is 14.3 Å². The molecule has 2 atom stereocenters. The Balaban J connectivity index is 2.00. The molecule has 24 heavy (non-hydrogen) atoms. The highest BCUT2D eigenvalue weighted by molar-refractivity contribution is 9.10. The second kappa shape index (κ2) is 7.45. The van der Waals surface area contributed by atoms with Gasteiger partial charge in [-0.2, -0.15) is 0 Å². The van der Waals surface area contributed by atoms with E-state index >= 15 is 0 Å². The van der Waals surface area contributed by atoms with Crippen molar-refractivity contribution in [2.75, 3.05) is 6.61 Å². The lowest BCUT2D eigenvalue weighted by Gasteiger charge is -2.29. The van der Waals surface area contributed by atoms with Crippen LogP contribution in [0.5, 0.6) is 0 Å². The van der Waals surface area contributed by atoms with Crippen LogP contribution in [0.15, 0.2) is 52.3 Å². The zero-order valence-electron chi connectivity index (χ0n) is 13.2. The molecule has 3 rings (SSSR count). The Hall–Kier alpha value is -1.72. The van der Waals surface area contributed by atoms with Crippen LogP contribution in [0.25, 0.3) is 5.57 Å². The van der Waals surface area contributed by atoms with Gasteiger partial charge in [-0.05, 0) is 54.1 Å². The Labute approximate surface area is 153 Å². The van der Waals surface area contributed by atoms with Gasteiger partial charge in [-0.3, -0.25) is 9.59 Å². The maximum Gasteiger partial charge on any atom is 0.317 e. The first-order valence-corrected chi connectivity index (χ1v) is 9.47. The van der Waals surface area contributed by atoms with Gasteiger partial charge in [0, 0.05) is 15.3 Å². The third-order valence-corrected chi connectivity index (χ3v) is 5.62. The highest BCUT2D eigenvalue weighted by atomic mass is 79.9. The van der Waals surface area contributed by atoms with E-state index in [0.29, 0.717) is 6.42 Å². The van der Waals surface area contributed by atoms with Crippen LogP contribution in [0.4, 0.5) is 0 Å². The predicted molar refractivity (Wildman–Crippen MR) is 98.9 cm³/mol. The van der Waals surface area contributed by atoms with Crippen molar-refractivity contribution in [1.29, 1.82) is 0 Å². The van der Waals surface area contributed by atoms with Gasteiger partial charge in [0.1, 0.15) is 5.92 Å². The van der Waals surface area contributed by atoms with E-state index in [1.54, 1.807) is 24.3 Å². The van der Waals surface area contributed by atoms with E-state index in [0.717, 1.165) is 20.5 Å². The average molecular weight is 405 g/mol. The smallest absolute Gasteiger partial charge is 0.317 e. The summed E-state index contributed by atoms with van der Waals surface area (Å²) in [6, 6.07) is 11.8. The Kier molecular flexibility index (Phi) is 5.31. The van der Waals surface area contributed by atoms with E-state index in [1.807, 2.05) is 41.8 Å². The summed E-state index contributed by atoms with van der Waals surface area (Å²) < 4.78 is 6.13. The normalized spacial score (nSPS) is 20.6. The van der Waals surface area contributed by atoms with E-state index in [1.165, 1.54) is 0 Å². The van der Waals surface area contributed by atoms with E-state index in [9.17, 15) is 9.59 Å². The van der Waals surface area contributed by atoms with Gasteiger partial charge in [-0.1, -0.05) is 34.1 Å². The standard InChI is InChI=1S/C19H17BrO3S/c1-2-23-19(22)18-15(12-5-7-14(20)8-6-12)10-13(11-16(18)21)17-4-3-9-24-17/h3-9,11,15,18H,2,10H2,1H3/t15-,18-/m0/s1. The quantitative estimate of drug-likeness (QED) is 0.541. The number of ether oxygens (including phenoxy) is 1. The van der Waals surface area contributed by atoms with Crippen molar-refractivity contribution >= 4 is 44.6 Å². The lowest BCUT2D eigenvalue weighted by Crippen LogP contribution is -2.33. The highest BCUT2D eigenvalue weighted by Crippen LogP contribution is 2.41. The minimum atomic E-state index is -0.769. The zero-order chi connectivity index (χ0) is 17.1. The first-order chi connectivity index (χ1) is 11.6. The predicted octanol–water partition coefficient (Wildman–Crippen LogP) is 4.83. The summed E-state index contributed by atoms with van der Waals surface area (Å²) in [7, 11) is 0. The van der Waals surface area contributed by atoms with Gasteiger partial charge in [-0.15, -0.1) is 11.3 Å². The molecule has 0 spiro atoms. The zero-order valence-corrected chi connectivity index (χ0v) is 15.6. The molecular weight excluding hydrogens is 388 g/mol. The monoisotopic (exact) mass is 404 g/mol. The molecule has 0 radical (unpaired) electrons. The number of carbonyl (C=O) groups is 2. The van der Waals surface area contributed by atoms with Crippen LogP contribution >= 0.6 is 27.3 Å². The fourth-order valence-electron chi connectivity index (χ4n) is 3.04. The maximum absolute atomic E-state index is 12.7. The molecule has 0 aliphatic heterocycles. The molecule has 1 aliphatic rings. The number of allylic oxidation sites excluding steroid dienone is 2. The third-order valence-electron chi connectivity index (χ3n) is 4.14. The van der Waals surface area contributed by atoms with Crippen molar-refractivity contribution in [2.24, 2.45) is 5.92 Å². The van der Waals surface area contributed by atoms with E-state index < -0.39 is 11.9 Å². The molecule has 3 nitrogen and oxygen atoms in total. The number of thiophene rings is 1. The Morgan fingerprint density at radius 2 is 2.04 bits per heavy atom. The number of rotatable bonds is 4. The van der Waals surface area contributed by atoms with E-state index in [2.05, 4.69) is 15.9 Å². The van der Waals surface area contributed by atoms with Crippen molar-refractivity contribution in [3.05, 3.63) is 62.8 Å². The van der Waals surface area contributed by atoms with Gasteiger partial charge in [-0.25, -0.2) is 0 Å². The molecule has 2 aromatic rings. The number of hydrogen-bond donors (Lipinski definition) is 0. The maximum atomic E-state index is 12.7. The number of esters is 1. The van der Waals surface area contributed by atoms with Gasteiger partial charge in [0.2, 0.25) is 0 Å². The topological polar surface area (TPSA) is 43.4 Å². The summed E-state index contributed by atoms with van der Waals surface area (Å²) in [5, 5.41) is 1.99. The molecule has 0 bridgehead atoms. The summed E-state index contributed by atoms with van der Waals surface area (Å²) in [5.74, 6) is -1.57. The van der Waals surface area contributed by atoms with Crippen molar-refractivity contribution in [3.8, 4) is 0 Å². The van der Waals surface area contributed by atoms with Crippen LogP contribution in [0.1, 0.15) is 29.7 Å². The van der Waals surface area contributed by atoms with Gasteiger partial charge < -0.3 is 4.74 Å². The summed E-state index contributed by atoms with van der Waals surface area (Å²) >= 11 is 5.03.